The molecule has 122 valence electrons. The van der Waals surface area contributed by atoms with E-state index < -0.39 is 22.0 Å². The summed E-state index contributed by atoms with van der Waals surface area (Å²) in [5.41, 5.74) is 0.580. The third-order valence-corrected chi connectivity index (χ3v) is 7.14. The van der Waals surface area contributed by atoms with Crippen molar-refractivity contribution in [1.29, 1.82) is 0 Å². The van der Waals surface area contributed by atoms with E-state index in [-0.39, 0.29) is 15.6 Å². The van der Waals surface area contributed by atoms with Crippen LogP contribution in [0.15, 0.2) is 39.4 Å². The number of nitrogens with one attached hydrogen (secondary N) is 1. The molecule has 0 fully saturated rings. The van der Waals surface area contributed by atoms with E-state index in [2.05, 4.69) is 4.72 Å². The molecule has 0 spiro atoms. The van der Waals surface area contributed by atoms with Gasteiger partial charge in [-0.25, -0.2) is 22.3 Å². The van der Waals surface area contributed by atoms with Gasteiger partial charge in [0, 0.05) is 10.9 Å². The SMILES string of the molecule is O=C(O)c1sccc1S(=O)(=O)NC1CCSc2c(F)cccc21. The quantitative estimate of drug-likeness (QED) is 0.860. The molecular formula is C14H12FNO4S3. The van der Waals surface area contributed by atoms with Crippen molar-refractivity contribution in [2.45, 2.75) is 22.3 Å². The highest BCUT2D eigenvalue weighted by Crippen LogP contribution is 2.38. The van der Waals surface area contributed by atoms with Crippen LogP contribution in [0.5, 0.6) is 0 Å². The van der Waals surface area contributed by atoms with Gasteiger partial charge < -0.3 is 5.11 Å². The number of hydrogen-bond acceptors (Lipinski definition) is 5. The number of thiophene rings is 1. The lowest BCUT2D eigenvalue weighted by atomic mass is 10.0. The smallest absolute Gasteiger partial charge is 0.347 e. The van der Waals surface area contributed by atoms with Gasteiger partial charge >= 0.3 is 5.97 Å². The second-order valence-corrected chi connectivity index (χ2v) is 8.59. The fourth-order valence-corrected chi connectivity index (χ4v) is 6.08. The number of aromatic carboxylic acids is 1. The molecule has 1 atom stereocenters. The van der Waals surface area contributed by atoms with Crippen molar-refractivity contribution in [3.63, 3.8) is 0 Å². The zero-order valence-corrected chi connectivity index (χ0v) is 14.1. The molecule has 2 aromatic rings. The first kappa shape index (κ1) is 16.4. The molecule has 2 N–H and O–H groups in total. The van der Waals surface area contributed by atoms with Crippen LogP contribution < -0.4 is 4.72 Å². The highest BCUT2D eigenvalue weighted by Gasteiger charge is 2.30. The number of hydrogen-bond donors (Lipinski definition) is 2. The summed E-state index contributed by atoms with van der Waals surface area (Å²) in [5, 5.41) is 10.5. The van der Waals surface area contributed by atoms with Gasteiger partial charge in [-0.15, -0.1) is 23.1 Å². The number of thioether (sulfide) groups is 1. The van der Waals surface area contributed by atoms with Crippen LogP contribution in [0.1, 0.15) is 27.7 Å². The molecule has 0 saturated heterocycles. The monoisotopic (exact) mass is 373 g/mol. The molecule has 1 unspecified atom stereocenters. The Balaban J connectivity index is 1.95. The minimum absolute atomic E-state index is 0.234. The maximum absolute atomic E-state index is 13.8. The van der Waals surface area contributed by atoms with Crippen molar-refractivity contribution in [3.8, 4) is 0 Å². The fraction of sp³-hybridized carbons (Fsp3) is 0.214. The van der Waals surface area contributed by atoms with Crippen molar-refractivity contribution in [3.05, 3.63) is 45.9 Å². The van der Waals surface area contributed by atoms with Crippen LogP contribution in [0, 0.1) is 5.82 Å². The summed E-state index contributed by atoms with van der Waals surface area (Å²) in [4.78, 5) is 11.1. The molecule has 2 heterocycles. The number of halogens is 1. The van der Waals surface area contributed by atoms with Gasteiger partial charge in [-0.05, 0) is 35.2 Å². The van der Waals surface area contributed by atoms with Crippen LogP contribution in [0.3, 0.4) is 0 Å². The third kappa shape index (κ3) is 3.14. The lowest BCUT2D eigenvalue weighted by molar-refractivity contribution is 0.0698. The van der Waals surface area contributed by atoms with E-state index in [1.807, 2.05) is 0 Å². The van der Waals surface area contributed by atoms with Crippen molar-refractivity contribution in [2.24, 2.45) is 0 Å². The van der Waals surface area contributed by atoms with Crippen LogP contribution in [-0.2, 0) is 10.0 Å². The van der Waals surface area contributed by atoms with Gasteiger partial charge in [-0.1, -0.05) is 12.1 Å². The summed E-state index contributed by atoms with van der Waals surface area (Å²) in [7, 11) is -4.00. The Bertz CT molecular complexity index is 863. The molecule has 0 aliphatic carbocycles. The van der Waals surface area contributed by atoms with Gasteiger partial charge in [-0.2, -0.15) is 0 Å². The largest absolute Gasteiger partial charge is 0.477 e. The summed E-state index contributed by atoms with van der Waals surface area (Å²) in [5.74, 6) is -1.08. The number of carboxylic acids is 1. The summed E-state index contributed by atoms with van der Waals surface area (Å²) >= 11 is 2.20. The molecule has 9 heteroatoms. The van der Waals surface area contributed by atoms with E-state index in [4.69, 9.17) is 5.11 Å². The van der Waals surface area contributed by atoms with Crippen molar-refractivity contribution < 1.29 is 22.7 Å². The van der Waals surface area contributed by atoms with Crippen molar-refractivity contribution in [2.75, 3.05) is 5.75 Å². The first-order valence-corrected chi connectivity index (χ1v) is 9.99. The average molecular weight is 373 g/mol. The Hall–Kier alpha value is -1.42. The van der Waals surface area contributed by atoms with Gasteiger partial charge in [0.05, 0.1) is 0 Å². The van der Waals surface area contributed by atoms with Gasteiger partial charge in [0.15, 0.2) is 0 Å². The molecule has 0 amide bonds. The number of carbonyl (C=O) groups is 1. The maximum Gasteiger partial charge on any atom is 0.347 e. The predicted octanol–water partition coefficient (Wildman–Crippen LogP) is 3.10. The topological polar surface area (TPSA) is 83.5 Å². The Morgan fingerprint density at radius 3 is 2.87 bits per heavy atom. The molecule has 1 aliphatic heterocycles. The van der Waals surface area contributed by atoms with Gasteiger partial charge in [-0.3, -0.25) is 0 Å². The summed E-state index contributed by atoms with van der Waals surface area (Å²) < 4.78 is 41.4. The number of fused-ring (bicyclic) bond motifs is 1. The van der Waals surface area contributed by atoms with Crippen LogP contribution in [0.4, 0.5) is 4.39 Å². The molecule has 0 bridgehead atoms. The minimum Gasteiger partial charge on any atom is -0.477 e. The highest BCUT2D eigenvalue weighted by molar-refractivity contribution is 7.99. The second kappa shape index (κ2) is 6.23. The predicted molar refractivity (Wildman–Crippen MR) is 86.1 cm³/mol. The van der Waals surface area contributed by atoms with Crippen molar-refractivity contribution >= 4 is 39.1 Å². The maximum atomic E-state index is 13.8. The zero-order valence-electron chi connectivity index (χ0n) is 11.7. The summed E-state index contributed by atoms with van der Waals surface area (Å²) in [6, 6.07) is 5.25. The second-order valence-electron chi connectivity index (χ2n) is 4.89. The minimum atomic E-state index is -4.00. The van der Waals surface area contributed by atoms with E-state index in [0.717, 1.165) is 11.3 Å². The van der Waals surface area contributed by atoms with Crippen LogP contribution >= 0.6 is 23.1 Å². The number of sulfonamides is 1. The van der Waals surface area contributed by atoms with Crippen LogP contribution in [0.25, 0.3) is 0 Å². The Morgan fingerprint density at radius 2 is 2.13 bits per heavy atom. The number of rotatable bonds is 4. The van der Waals surface area contributed by atoms with E-state index >= 15 is 0 Å². The molecular weight excluding hydrogens is 361 g/mol. The van der Waals surface area contributed by atoms with Gasteiger partial charge in [0.2, 0.25) is 10.0 Å². The molecule has 3 rings (SSSR count). The number of benzene rings is 1. The molecule has 0 saturated carbocycles. The van der Waals surface area contributed by atoms with E-state index in [0.29, 0.717) is 22.6 Å². The molecule has 1 aromatic carbocycles. The van der Waals surface area contributed by atoms with Crippen molar-refractivity contribution in [1.82, 2.24) is 4.72 Å². The fourth-order valence-electron chi connectivity index (χ4n) is 2.42. The zero-order chi connectivity index (χ0) is 16.6. The Morgan fingerprint density at radius 1 is 1.35 bits per heavy atom. The van der Waals surface area contributed by atoms with Gasteiger partial charge in [0.25, 0.3) is 0 Å². The molecule has 23 heavy (non-hydrogen) atoms. The summed E-state index contributed by atoms with van der Waals surface area (Å²) in [6.45, 7) is 0. The van der Waals surface area contributed by atoms with E-state index in [1.165, 1.54) is 35.3 Å². The van der Waals surface area contributed by atoms with Gasteiger partial charge in [0.1, 0.15) is 15.6 Å². The normalized spacial score (nSPS) is 17.7. The number of carboxylic acid groups (broad SMARTS) is 1. The Labute approximate surface area is 140 Å². The summed E-state index contributed by atoms with van der Waals surface area (Å²) in [6.07, 6.45) is 0.507. The van der Waals surface area contributed by atoms with E-state index in [9.17, 15) is 17.6 Å². The molecule has 1 aliphatic rings. The first-order valence-electron chi connectivity index (χ1n) is 6.64. The van der Waals surface area contributed by atoms with Crippen LogP contribution in [-0.4, -0.2) is 25.2 Å². The van der Waals surface area contributed by atoms with E-state index in [1.54, 1.807) is 6.07 Å². The van der Waals surface area contributed by atoms with Crippen LogP contribution in [0.2, 0.25) is 0 Å². The molecule has 1 aromatic heterocycles. The average Bonchev–Trinajstić information content (AvgIpc) is 2.99. The lowest BCUT2D eigenvalue weighted by Crippen LogP contribution is -2.31. The first-order chi connectivity index (χ1) is 10.9. The molecule has 5 nitrogen and oxygen atoms in total. The Kier molecular flexibility index (Phi) is 4.45. The standard InChI is InChI=1S/C14H12FNO4S3/c15-9-3-1-2-8-10(4-6-21-12(8)9)16-23(19,20)11-5-7-22-13(11)14(17)18/h1-3,5,7,10,16H,4,6H2,(H,17,18). The highest BCUT2D eigenvalue weighted by atomic mass is 32.2. The molecule has 0 radical (unpaired) electrons. The lowest BCUT2D eigenvalue weighted by Gasteiger charge is -2.26. The third-order valence-electron chi connectivity index (χ3n) is 3.44.